The Hall–Kier alpha value is -0.0800. The van der Waals surface area contributed by atoms with Gasteiger partial charge >= 0.3 is 0 Å². The molecule has 2 fully saturated rings. The summed E-state index contributed by atoms with van der Waals surface area (Å²) in [6.45, 7) is 6.37. The average molecular weight is 267 g/mol. The lowest BCUT2D eigenvalue weighted by Gasteiger charge is -2.38. The van der Waals surface area contributed by atoms with E-state index in [1.165, 1.54) is 57.8 Å². The lowest BCUT2D eigenvalue weighted by molar-refractivity contribution is -0.0297. The summed E-state index contributed by atoms with van der Waals surface area (Å²) >= 11 is 0. The fourth-order valence-corrected chi connectivity index (χ4v) is 4.02. The highest BCUT2D eigenvalue weighted by Gasteiger charge is 2.31. The van der Waals surface area contributed by atoms with E-state index in [1.54, 1.807) is 0 Å². The molecule has 0 saturated heterocycles. The zero-order valence-corrected chi connectivity index (χ0v) is 13.0. The van der Waals surface area contributed by atoms with Gasteiger partial charge in [-0.1, -0.05) is 39.0 Å². The summed E-state index contributed by atoms with van der Waals surface area (Å²) in [4.78, 5) is 0. The van der Waals surface area contributed by atoms with Crippen molar-refractivity contribution in [1.29, 1.82) is 0 Å². The number of ether oxygens (including phenoxy) is 1. The summed E-state index contributed by atoms with van der Waals surface area (Å²) in [5.41, 5.74) is 0. The molecule has 2 heteroatoms. The molecule has 1 atom stereocenters. The van der Waals surface area contributed by atoms with Crippen molar-refractivity contribution in [2.45, 2.75) is 83.8 Å². The Labute approximate surface area is 119 Å². The Morgan fingerprint density at radius 2 is 1.68 bits per heavy atom. The van der Waals surface area contributed by atoms with Gasteiger partial charge in [0.05, 0.1) is 6.10 Å². The molecule has 2 nitrogen and oxygen atoms in total. The van der Waals surface area contributed by atoms with Gasteiger partial charge in [-0.15, -0.1) is 0 Å². The lowest BCUT2D eigenvalue weighted by Crippen LogP contribution is -2.39. The first-order chi connectivity index (χ1) is 9.31. The monoisotopic (exact) mass is 267 g/mol. The molecule has 0 aliphatic heterocycles. The second kappa shape index (κ2) is 8.26. The molecular weight excluding hydrogens is 234 g/mol. The molecule has 0 spiro atoms. The highest BCUT2D eigenvalue weighted by Crippen LogP contribution is 2.36. The number of hydrogen-bond acceptors (Lipinski definition) is 2. The van der Waals surface area contributed by atoms with Gasteiger partial charge in [0.15, 0.2) is 0 Å². The first-order valence-electron chi connectivity index (χ1n) is 8.66. The first-order valence-corrected chi connectivity index (χ1v) is 8.66. The standard InChI is InChI=1S/C17H33NO/c1-3-18-16(10-14-8-6-5-7-9-14)11-15-12-17(13-15)19-4-2/h14-18H,3-13H2,1-2H3. The van der Waals surface area contributed by atoms with Crippen molar-refractivity contribution < 1.29 is 4.74 Å². The molecule has 0 aromatic heterocycles. The van der Waals surface area contributed by atoms with Gasteiger partial charge in [-0.25, -0.2) is 0 Å². The normalized spacial score (nSPS) is 30.0. The molecular formula is C17H33NO. The predicted octanol–water partition coefficient (Wildman–Crippen LogP) is 4.14. The van der Waals surface area contributed by atoms with Crippen molar-refractivity contribution in [3.8, 4) is 0 Å². The summed E-state index contributed by atoms with van der Waals surface area (Å²) in [6.07, 6.45) is 13.4. The van der Waals surface area contributed by atoms with Crippen LogP contribution in [0, 0.1) is 11.8 Å². The van der Waals surface area contributed by atoms with E-state index < -0.39 is 0 Å². The first kappa shape index (κ1) is 15.3. The second-order valence-corrected chi connectivity index (χ2v) is 6.64. The molecule has 1 N–H and O–H groups in total. The predicted molar refractivity (Wildman–Crippen MR) is 81.4 cm³/mol. The van der Waals surface area contributed by atoms with Gasteiger partial charge in [0, 0.05) is 12.6 Å². The van der Waals surface area contributed by atoms with Crippen LogP contribution < -0.4 is 5.32 Å². The minimum absolute atomic E-state index is 0.576. The fraction of sp³-hybridized carbons (Fsp3) is 1.00. The van der Waals surface area contributed by atoms with Gasteiger partial charge in [0.25, 0.3) is 0 Å². The molecule has 0 aromatic carbocycles. The molecule has 0 heterocycles. The fourth-order valence-electron chi connectivity index (χ4n) is 4.02. The topological polar surface area (TPSA) is 21.3 Å². The molecule has 19 heavy (non-hydrogen) atoms. The number of hydrogen-bond donors (Lipinski definition) is 1. The van der Waals surface area contributed by atoms with Crippen LogP contribution in [-0.2, 0) is 4.74 Å². The third-order valence-corrected chi connectivity index (χ3v) is 5.05. The molecule has 2 rings (SSSR count). The van der Waals surface area contributed by atoms with Crippen molar-refractivity contribution >= 4 is 0 Å². The summed E-state index contributed by atoms with van der Waals surface area (Å²) in [5, 5.41) is 3.74. The molecule has 0 bridgehead atoms. The summed E-state index contributed by atoms with van der Waals surface area (Å²) < 4.78 is 5.68. The van der Waals surface area contributed by atoms with Gasteiger partial charge in [-0.05, 0) is 51.0 Å². The van der Waals surface area contributed by atoms with Crippen molar-refractivity contribution in [1.82, 2.24) is 5.32 Å². The van der Waals surface area contributed by atoms with Gasteiger partial charge in [0.2, 0.25) is 0 Å². The molecule has 2 saturated carbocycles. The van der Waals surface area contributed by atoms with Crippen LogP contribution in [-0.4, -0.2) is 25.3 Å². The quantitative estimate of drug-likeness (QED) is 0.713. The zero-order chi connectivity index (χ0) is 13.5. The zero-order valence-electron chi connectivity index (χ0n) is 13.0. The average Bonchev–Trinajstić information content (AvgIpc) is 2.38. The van der Waals surface area contributed by atoms with Gasteiger partial charge in [-0.2, -0.15) is 0 Å². The molecule has 2 aliphatic carbocycles. The molecule has 0 radical (unpaired) electrons. The van der Waals surface area contributed by atoms with Crippen molar-refractivity contribution in [2.24, 2.45) is 11.8 Å². The Bertz CT molecular complexity index is 231. The maximum absolute atomic E-state index is 5.68. The van der Waals surface area contributed by atoms with E-state index in [0.29, 0.717) is 6.10 Å². The lowest BCUT2D eigenvalue weighted by atomic mass is 9.75. The molecule has 1 unspecified atom stereocenters. The molecule has 2 aliphatic rings. The van der Waals surface area contributed by atoms with Crippen molar-refractivity contribution in [2.75, 3.05) is 13.2 Å². The van der Waals surface area contributed by atoms with E-state index in [2.05, 4.69) is 19.2 Å². The van der Waals surface area contributed by atoms with Crippen LogP contribution in [0.25, 0.3) is 0 Å². The maximum Gasteiger partial charge on any atom is 0.0580 e. The summed E-state index contributed by atoms with van der Waals surface area (Å²) in [6, 6.07) is 0.765. The number of rotatable bonds is 8. The number of nitrogens with one attached hydrogen (secondary N) is 1. The minimum atomic E-state index is 0.576. The van der Waals surface area contributed by atoms with Crippen molar-refractivity contribution in [3.05, 3.63) is 0 Å². The van der Waals surface area contributed by atoms with Crippen LogP contribution in [0.1, 0.15) is 71.6 Å². The van der Waals surface area contributed by atoms with E-state index in [9.17, 15) is 0 Å². The third-order valence-electron chi connectivity index (χ3n) is 5.05. The van der Waals surface area contributed by atoms with Gasteiger partial charge in [0.1, 0.15) is 0 Å². The minimum Gasteiger partial charge on any atom is -0.378 e. The smallest absolute Gasteiger partial charge is 0.0580 e. The highest BCUT2D eigenvalue weighted by molar-refractivity contribution is 4.85. The SMILES string of the molecule is CCNC(CC1CCCCC1)CC1CC(OCC)C1. The van der Waals surface area contributed by atoms with Gasteiger partial charge in [-0.3, -0.25) is 0 Å². The summed E-state index contributed by atoms with van der Waals surface area (Å²) in [7, 11) is 0. The molecule has 0 aromatic rings. The molecule has 0 amide bonds. The van der Waals surface area contributed by atoms with Crippen LogP contribution >= 0.6 is 0 Å². The second-order valence-electron chi connectivity index (χ2n) is 6.64. The van der Waals surface area contributed by atoms with Gasteiger partial charge < -0.3 is 10.1 Å². The van der Waals surface area contributed by atoms with E-state index in [1.807, 2.05) is 0 Å². The van der Waals surface area contributed by atoms with Crippen LogP contribution in [0.3, 0.4) is 0 Å². The Kier molecular flexibility index (Phi) is 6.66. The third kappa shape index (κ3) is 5.07. The van der Waals surface area contributed by atoms with Crippen LogP contribution in [0.5, 0.6) is 0 Å². The maximum atomic E-state index is 5.68. The van der Waals surface area contributed by atoms with E-state index in [-0.39, 0.29) is 0 Å². The summed E-state index contributed by atoms with van der Waals surface area (Å²) in [5.74, 6) is 1.92. The Balaban J connectivity index is 1.67. The Morgan fingerprint density at radius 3 is 2.32 bits per heavy atom. The van der Waals surface area contributed by atoms with Crippen LogP contribution in [0.2, 0.25) is 0 Å². The van der Waals surface area contributed by atoms with Crippen LogP contribution in [0.4, 0.5) is 0 Å². The largest absolute Gasteiger partial charge is 0.378 e. The molecule has 112 valence electrons. The van der Waals surface area contributed by atoms with Crippen LogP contribution in [0.15, 0.2) is 0 Å². The van der Waals surface area contributed by atoms with E-state index in [0.717, 1.165) is 31.0 Å². The van der Waals surface area contributed by atoms with E-state index >= 15 is 0 Å². The Morgan fingerprint density at radius 1 is 1.00 bits per heavy atom. The van der Waals surface area contributed by atoms with E-state index in [4.69, 9.17) is 4.74 Å². The highest BCUT2D eigenvalue weighted by atomic mass is 16.5. The van der Waals surface area contributed by atoms with Crippen molar-refractivity contribution in [3.63, 3.8) is 0 Å².